The monoisotopic (exact) mass is 668 g/mol. The molecule has 9 aromatic carbocycles. The maximum atomic E-state index is 2.40. The van der Waals surface area contributed by atoms with E-state index in [9.17, 15) is 0 Å². The molecule has 0 amide bonds. The van der Waals surface area contributed by atoms with Gasteiger partial charge in [0.25, 0.3) is 0 Å². The zero-order valence-corrected chi connectivity index (χ0v) is 28.6. The van der Waals surface area contributed by atoms with Crippen molar-refractivity contribution < 1.29 is 0 Å². The quantitative estimate of drug-likeness (QED) is 0.164. The first-order valence-electron chi connectivity index (χ1n) is 17.1. The SMILES string of the molecule is c1cc(-c2ccc3c(c2)sc2ccc4sc5ccccc5c4c23)cc(-c2c3ccccc3c(-c3ccc4ccccc4c3)c3ccccc23)c1. The van der Waals surface area contributed by atoms with Crippen molar-refractivity contribution in [1.29, 1.82) is 0 Å². The first-order chi connectivity index (χ1) is 24.8. The van der Waals surface area contributed by atoms with E-state index in [1.807, 2.05) is 22.7 Å². The van der Waals surface area contributed by atoms with Crippen LogP contribution in [0.2, 0.25) is 0 Å². The average molecular weight is 669 g/mol. The number of rotatable bonds is 3. The van der Waals surface area contributed by atoms with E-state index in [-0.39, 0.29) is 0 Å². The predicted molar refractivity (Wildman–Crippen MR) is 221 cm³/mol. The lowest BCUT2D eigenvalue weighted by atomic mass is 9.85. The summed E-state index contributed by atoms with van der Waals surface area (Å²) in [6, 6.07) is 63.1. The van der Waals surface area contributed by atoms with Crippen molar-refractivity contribution in [3.05, 3.63) is 170 Å². The van der Waals surface area contributed by atoms with E-state index >= 15 is 0 Å². The summed E-state index contributed by atoms with van der Waals surface area (Å²) in [7, 11) is 0. The van der Waals surface area contributed by atoms with Crippen molar-refractivity contribution in [3.63, 3.8) is 0 Å². The van der Waals surface area contributed by atoms with Gasteiger partial charge in [-0.3, -0.25) is 0 Å². The molecule has 0 saturated carbocycles. The molecule has 0 spiro atoms. The molecule has 232 valence electrons. The highest BCUT2D eigenvalue weighted by Gasteiger charge is 2.18. The fraction of sp³-hybridized carbons (Fsp3) is 0. The Balaban J connectivity index is 1.10. The van der Waals surface area contributed by atoms with Crippen molar-refractivity contribution in [3.8, 4) is 33.4 Å². The van der Waals surface area contributed by atoms with Crippen molar-refractivity contribution in [2.24, 2.45) is 0 Å². The summed E-state index contributed by atoms with van der Waals surface area (Å²) in [6.07, 6.45) is 0. The molecule has 0 bridgehead atoms. The highest BCUT2D eigenvalue weighted by Crippen LogP contribution is 2.47. The highest BCUT2D eigenvalue weighted by molar-refractivity contribution is 7.28. The Labute approximate surface area is 297 Å². The Kier molecular flexibility index (Phi) is 6.09. The van der Waals surface area contributed by atoms with Gasteiger partial charge < -0.3 is 0 Å². The first-order valence-corrected chi connectivity index (χ1v) is 18.7. The zero-order valence-electron chi connectivity index (χ0n) is 27.0. The largest absolute Gasteiger partial charge is 0.135 e. The van der Waals surface area contributed by atoms with Gasteiger partial charge in [-0.2, -0.15) is 0 Å². The van der Waals surface area contributed by atoms with Gasteiger partial charge in [0.1, 0.15) is 0 Å². The standard InChI is InChI=1S/C48H28S2/c1-2-11-30-26-34(21-20-29(30)10-1)46-37-16-5-3-14-35(37)45(36-15-4-6-17-38(36)46)33-13-9-12-31(27-33)32-22-23-40-44(28-32)50-43-25-24-42-47(48(40)43)39-18-7-8-19-41(39)49-42/h1-28H. The minimum atomic E-state index is 1.24. The van der Waals surface area contributed by atoms with Gasteiger partial charge in [0.15, 0.2) is 0 Å². The van der Waals surface area contributed by atoms with E-state index < -0.39 is 0 Å². The van der Waals surface area contributed by atoms with Gasteiger partial charge in [0.05, 0.1) is 0 Å². The second-order valence-electron chi connectivity index (χ2n) is 13.2. The Hall–Kier alpha value is -5.80. The maximum absolute atomic E-state index is 2.40. The topological polar surface area (TPSA) is 0 Å². The third-order valence-electron chi connectivity index (χ3n) is 10.4. The molecule has 2 aromatic heterocycles. The van der Waals surface area contributed by atoms with Crippen molar-refractivity contribution in [2.75, 3.05) is 0 Å². The molecule has 0 aliphatic rings. The Morgan fingerprint density at radius 1 is 0.260 bits per heavy atom. The van der Waals surface area contributed by atoms with Gasteiger partial charge in [-0.05, 0) is 102 Å². The van der Waals surface area contributed by atoms with Crippen LogP contribution in [0.5, 0.6) is 0 Å². The van der Waals surface area contributed by atoms with Crippen LogP contribution >= 0.6 is 22.7 Å². The van der Waals surface area contributed by atoms with Crippen LogP contribution in [-0.4, -0.2) is 0 Å². The van der Waals surface area contributed by atoms with Crippen LogP contribution in [0, 0.1) is 0 Å². The van der Waals surface area contributed by atoms with E-state index in [1.165, 1.54) is 106 Å². The molecule has 11 aromatic rings. The minimum absolute atomic E-state index is 1.24. The normalized spacial score (nSPS) is 12.0. The molecule has 0 unspecified atom stereocenters. The van der Waals surface area contributed by atoms with E-state index in [0.29, 0.717) is 0 Å². The van der Waals surface area contributed by atoms with Crippen molar-refractivity contribution >= 4 is 95.3 Å². The first kappa shape index (κ1) is 28.1. The highest BCUT2D eigenvalue weighted by atomic mass is 32.1. The smallest absolute Gasteiger partial charge is 0.0362 e. The average Bonchev–Trinajstić information content (AvgIpc) is 3.74. The summed E-state index contributed by atoms with van der Waals surface area (Å²) in [6.45, 7) is 0. The molecule has 50 heavy (non-hydrogen) atoms. The molecule has 0 atom stereocenters. The van der Waals surface area contributed by atoms with Crippen molar-refractivity contribution in [2.45, 2.75) is 0 Å². The van der Waals surface area contributed by atoms with E-state index in [4.69, 9.17) is 0 Å². The zero-order chi connectivity index (χ0) is 32.8. The van der Waals surface area contributed by atoms with Crippen LogP contribution in [0.1, 0.15) is 0 Å². The number of benzene rings is 9. The van der Waals surface area contributed by atoms with Gasteiger partial charge in [-0.25, -0.2) is 0 Å². The molecule has 0 aliphatic heterocycles. The van der Waals surface area contributed by atoms with Crippen LogP contribution in [0.3, 0.4) is 0 Å². The second kappa shape index (κ2) is 10.9. The summed E-state index contributed by atoms with van der Waals surface area (Å²) in [4.78, 5) is 0. The molecule has 0 aliphatic carbocycles. The van der Waals surface area contributed by atoms with Crippen LogP contribution in [-0.2, 0) is 0 Å². The molecule has 2 heteroatoms. The third kappa shape index (κ3) is 4.16. The minimum Gasteiger partial charge on any atom is -0.135 e. The lowest BCUT2D eigenvalue weighted by Gasteiger charge is -2.18. The predicted octanol–water partition coefficient (Wildman–Crippen LogP) is 14.9. The second-order valence-corrected chi connectivity index (χ2v) is 15.4. The molecule has 0 radical (unpaired) electrons. The molecular weight excluding hydrogens is 641 g/mol. The van der Waals surface area contributed by atoms with Gasteiger partial charge in [-0.1, -0.05) is 133 Å². The summed E-state index contributed by atoms with van der Waals surface area (Å²) in [5, 5.41) is 13.1. The molecule has 0 fully saturated rings. The van der Waals surface area contributed by atoms with Crippen LogP contribution in [0.15, 0.2) is 170 Å². The van der Waals surface area contributed by atoms with Crippen molar-refractivity contribution in [1.82, 2.24) is 0 Å². The fourth-order valence-electron chi connectivity index (χ4n) is 8.21. The summed E-state index contributed by atoms with van der Waals surface area (Å²) in [5.74, 6) is 0. The third-order valence-corrected chi connectivity index (χ3v) is 12.7. The number of hydrogen-bond donors (Lipinski definition) is 0. The Bertz CT molecular complexity index is 3100. The molecule has 0 saturated heterocycles. The molecule has 11 rings (SSSR count). The Morgan fingerprint density at radius 3 is 1.46 bits per heavy atom. The Morgan fingerprint density at radius 2 is 0.760 bits per heavy atom. The summed E-state index contributed by atoms with van der Waals surface area (Å²) in [5.41, 5.74) is 7.56. The number of fused-ring (bicyclic) bond motifs is 10. The van der Waals surface area contributed by atoms with Crippen LogP contribution in [0.4, 0.5) is 0 Å². The number of thiophene rings is 2. The molecular formula is C48H28S2. The summed E-state index contributed by atoms with van der Waals surface area (Å²) >= 11 is 3.80. The molecule has 0 nitrogen and oxygen atoms in total. The maximum Gasteiger partial charge on any atom is 0.0362 e. The fourth-order valence-corrected chi connectivity index (χ4v) is 10.5. The van der Waals surface area contributed by atoms with Gasteiger partial charge in [0.2, 0.25) is 0 Å². The summed E-state index contributed by atoms with van der Waals surface area (Å²) < 4.78 is 5.40. The lowest BCUT2D eigenvalue weighted by Crippen LogP contribution is -1.91. The van der Waals surface area contributed by atoms with Gasteiger partial charge in [-0.15, -0.1) is 22.7 Å². The van der Waals surface area contributed by atoms with E-state index in [1.54, 1.807) is 0 Å². The molecule has 0 N–H and O–H groups in total. The van der Waals surface area contributed by atoms with E-state index in [2.05, 4.69) is 170 Å². The van der Waals surface area contributed by atoms with Crippen LogP contribution in [0.25, 0.3) is 106 Å². The van der Waals surface area contributed by atoms with Gasteiger partial charge in [0, 0.05) is 40.3 Å². The van der Waals surface area contributed by atoms with Gasteiger partial charge >= 0.3 is 0 Å². The number of hydrogen-bond acceptors (Lipinski definition) is 2. The lowest BCUT2D eigenvalue weighted by molar-refractivity contribution is 1.63. The molecule has 2 heterocycles. The van der Waals surface area contributed by atoms with E-state index in [0.717, 1.165) is 0 Å². The van der Waals surface area contributed by atoms with Crippen LogP contribution < -0.4 is 0 Å².